The van der Waals surface area contributed by atoms with E-state index in [4.69, 9.17) is 4.74 Å². The van der Waals surface area contributed by atoms with Crippen LogP contribution in [0.4, 0.5) is 0 Å². The van der Waals surface area contributed by atoms with Crippen LogP contribution in [0.15, 0.2) is 48.5 Å². The summed E-state index contributed by atoms with van der Waals surface area (Å²) in [7, 11) is 0. The average molecular weight is 618 g/mol. The molecule has 2 aromatic carbocycles. The quantitative estimate of drug-likeness (QED) is 0.459. The smallest absolute Gasteiger partial charge is 0.243 e. The van der Waals surface area contributed by atoms with Crippen molar-refractivity contribution in [2.24, 2.45) is 5.92 Å². The number of nitrogens with zero attached hydrogens (tertiary/aromatic N) is 2. The lowest BCUT2D eigenvalue weighted by atomic mass is 9.94. The van der Waals surface area contributed by atoms with Crippen LogP contribution in [0.1, 0.15) is 61.6 Å². The van der Waals surface area contributed by atoms with Gasteiger partial charge in [0.25, 0.3) is 0 Å². The van der Waals surface area contributed by atoms with Gasteiger partial charge >= 0.3 is 0 Å². The highest BCUT2D eigenvalue weighted by molar-refractivity contribution is 5.95. The lowest BCUT2D eigenvalue weighted by molar-refractivity contribution is -0.138. The van der Waals surface area contributed by atoms with Gasteiger partial charge in [0.05, 0.1) is 19.6 Å². The number of hydrogen-bond donors (Lipinski definition) is 3. The molecule has 45 heavy (non-hydrogen) atoms. The normalized spacial score (nSPS) is 23.7. The Morgan fingerprint density at radius 2 is 1.78 bits per heavy atom. The van der Waals surface area contributed by atoms with Gasteiger partial charge in [0.1, 0.15) is 17.8 Å². The van der Waals surface area contributed by atoms with E-state index in [1.54, 1.807) is 0 Å². The molecule has 2 saturated heterocycles. The summed E-state index contributed by atoms with van der Waals surface area (Å²) in [6.45, 7) is 5.88. The molecule has 4 amide bonds. The van der Waals surface area contributed by atoms with E-state index in [0.717, 1.165) is 67.6 Å². The van der Waals surface area contributed by atoms with Gasteiger partial charge in [0.2, 0.25) is 23.6 Å². The van der Waals surface area contributed by atoms with Crippen molar-refractivity contribution in [2.75, 3.05) is 39.3 Å². The van der Waals surface area contributed by atoms with Gasteiger partial charge < -0.3 is 25.6 Å². The number of fused-ring (bicyclic) bond motifs is 4. The number of aryl methyl sites for hydroxylation is 2. The number of ether oxygens (including phenoxy) is 1. The number of rotatable bonds is 6. The summed E-state index contributed by atoms with van der Waals surface area (Å²) in [6, 6.07) is 13.7. The van der Waals surface area contributed by atoms with E-state index in [1.165, 1.54) is 0 Å². The second-order valence-electron chi connectivity index (χ2n) is 12.7. The maximum absolute atomic E-state index is 13.9. The fourth-order valence-corrected chi connectivity index (χ4v) is 6.50. The first-order valence-corrected chi connectivity index (χ1v) is 16.5. The second-order valence-corrected chi connectivity index (χ2v) is 12.7. The Labute approximate surface area is 266 Å². The molecule has 0 radical (unpaired) electrons. The van der Waals surface area contributed by atoms with Crippen LogP contribution in [0.2, 0.25) is 0 Å². The fourth-order valence-electron chi connectivity index (χ4n) is 6.50. The van der Waals surface area contributed by atoms with Gasteiger partial charge in [0.15, 0.2) is 0 Å². The fraction of sp³-hybridized carbons (Fsp3) is 0.543. The zero-order valence-corrected chi connectivity index (χ0v) is 26.4. The molecule has 0 saturated carbocycles. The second kappa shape index (κ2) is 15.9. The first-order chi connectivity index (χ1) is 21.8. The molecule has 10 nitrogen and oxygen atoms in total. The summed E-state index contributed by atoms with van der Waals surface area (Å²) in [5.74, 6) is -0.259. The lowest BCUT2D eigenvalue weighted by Crippen LogP contribution is -2.56. The molecule has 2 unspecified atom stereocenters. The third-order valence-electron chi connectivity index (χ3n) is 9.23. The van der Waals surface area contributed by atoms with Crippen LogP contribution in [0.5, 0.6) is 5.75 Å². The third-order valence-corrected chi connectivity index (χ3v) is 9.23. The maximum atomic E-state index is 13.9. The Balaban J connectivity index is 1.38. The summed E-state index contributed by atoms with van der Waals surface area (Å²) in [5.41, 5.74) is 3.02. The van der Waals surface area contributed by atoms with Crippen LogP contribution in [0, 0.1) is 12.8 Å². The van der Waals surface area contributed by atoms with E-state index in [0.29, 0.717) is 38.5 Å². The predicted octanol–water partition coefficient (Wildman–Crippen LogP) is 2.72. The molecule has 5 rings (SSSR count). The van der Waals surface area contributed by atoms with E-state index in [1.807, 2.05) is 60.4 Å². The molecular formula is C35H47N5O5. The molecule has 242 valence electrons. The Bertz CT molecular complexity index is 1330. The highest BCUT2D eigenvalue weighted by Crippen LogP contribution is 2.23. The number of amides is 4. The SMILES string of the molecule is Cc1ccc2cc1CNC(=O)C(CCc1ccccc1)NC(=O)[C@@H](NC(=O)CN1CCCC1)CC(=O)N1CCCC(CCO2)C1. The molecule has 10 heteroatoms. The summed E-state index contributed by atoms with van der Waals surface area (Å²) < 4.78 is 6.11. The maximum Gasteiger partial charge on any atom is 0.243 e. The van der Waals surface area contributed by atoms with Gasteiger partial charge in [-0.2, -0.15) is 0 Å². The Morgan fingerprint density at radius 3 is 2.58 bits per heavy atom. The minimum atomic E-state index is -1.08. The highest BCUT2D eigenvalue weighted by atomic mass is 16.5. The van der Waals surface area contributed by atoms with Crippen molar-refractivity contribution in [1.82, 2.24) is 25.8 Å². The van der Waals surface area contributed by atoms with E-state index < -0.39 is 18.0 Å². The number of likely N-dealkylation sites (tertiary alicyclic amines) is 1. The topological polar surface area (TPSA) is 120 Å². The summed E-state index contributed by atoms with van der Waals surface area (Å²) in [4.78, 5) is 58.0. The summed E-state index contributed by atoms with van der Waals surface area (Å²) >= 11 is 0. The van der Waals surface area contributed by atoms with Crippen LogP contribution in [0.25, 0.3) is 0 Å². The van der Waals surface area contributed by atoms with Crippen LogP contribution in [0.3, 0.4) is 0 Å². The van der Waals surface area contributed by atoms with Crippen LogP contribution in [-0.2, 0) is 32.1 Å². The first-order valence-electron chi connectivity index (χ1n) is 16.5. The lowest BCUT2D eigenvalue weighted by Gasteiger charge is -2.34. The van der Waals surface area contributed by atoms with Gasteiger partial charge in [-0.15, -0.1) is 0 Å². The Hall–Kier alpha value is -3.92. The van der Waals surface area contributed by atoms with E-state index in [-0.39, 0.29) is 37.2 Å². The van der Waals surface area contributed by atoms with Crippen molar-refractivity contribution in [3.05, 3.63) is 65.2 Å². The third kappa shape index (κ3) is 9.53. The monoisotopic (exact) mass is 617 g/mol. The molecule has 3 heterocycles. The predicted molar refractivity (Wildman–Crippen MR) is 171 cm³/mol. The van der Waals surface area contributed by atoms with E-state index in [2.05, 4.69) is 20.9 Å². The van der Waals surface area contributed by atoms with Crippen LogP contribution >= 0.6 is 0 Å². The molecule has 3 aliphatic rings. The van der Waals surface area contributed by atoms with Crippen molar-refractivity contribution in [1.29, 1.82) is 0 Å². The van der Waals surface area contributed by atoms with Crippen molar-refractivity contribution in [3.63, 3.8) is 0 Å². The average Bonchev–Trinajstić information content (AvgIpc) is 3.55. The van der Waals surface area contributed by atoms with Crippen molar-refractivity contribution in [3.8, 4) is 5.75 Å². The van der Waals surface area contributed by atoms with E-state index in [9.17, 15) is 19.2 Å². The molecule has 0 spiro atoms. The number of hydrogen-bond acceptors (Lipinski definition) is 6. The number of piperidine rings is 1. The standard InChI is InChI=1S/C35H47N5O5/c1-25-11-13-29-20-28(25)22-36-34(43)30(14-12-26-8-3-2-4-9-26)38-35(44)31(37-32(41)24-39-16-5-6-17-39)21-33(42)40-18-7-10-27(23-40)15-19-45-29/h2-4,8-9,11,13,20,27,30-31H,5-7,10,12,14-19,21-24H2,1H3,(H,36,43)(H,37,41)(H,38,44)/t27?,30?,31-/m0/s1. The first kappa shape index (κ1) is 32.5. The molecule has 2 fully saturated rings. The molecule has 4 bridgehead atoms. The number of carbonyl (C=O) groups is 4. The van der Waals surface area contributed by atoms with Gasteiger partial charge in [0, 0.05) is 19.6 Å². The van der Waals surface area contributed by atoms with Gasteiger partial charge in [-0.25, -0.2) is 0 Å². The van der Waals surface area contributed by atoms with Crippen LogP contribution < -0.4 is 20.7 Å². The van der Waals surface area contributed by atoms with Crippen LogP contribution in [-0.4, -0.2) is 84.8 Å². The molecule has 2 aromatic rings. The van der Waals surface area contributed by atoms with Gasteiger partial charge in [-0.05, 0) is 99.7 Å². The molecular weight excluding hydrogens is 570 g/mol. The Kier molecular flexibility index (Phi) is 11.5. The number of nitrogens with one attached hydrogen (secondary N) is 3. The molecule has 0 aliphatic carbocycles. The highest BCUT2D eigenvalue weighted by Gasteiger charge is 2.32. The van der Waals surface area contributed by atoms with E-state index >= 15 is 0 Å². The number of carbonyl (C=O) groups excluding carboxylic acids is 4. The number of benzene rings is 2. The molecule has 3 atom stereocenters. The Morgan fingerprint density at radius 1 is 0.978 bits per heavy atom. The largest absolute Gasteiger partial charge is 0.494 e. The minimum Gasteiger partial charge on any atom is -0.494 e. The van der Waals surface area contributed by atoms with Gasteiger partial charge in [-0.3, -0.25) is 24.1 Å². The molecule has 3 N–H and O–H groups in total. The molecule has 3 aliphatic heterocycles. The van der Waals surface area contributed by atoms with Crippen molar-refractivity contribution >= 4 is 23.6 Å². The minimum absolute atomic E-state index is 0.155. The molecule has 0 aromatic heterocycles. The van der Waals surface area contributed by atoms with Crippen molar-refractivity contribution in [2.45, 2.75) is 76.9 Å². The van der Waals surface area contributed by atoms with Crippen molar-refractivity contribution < 1.29 is 23.9 Å². The zero-order valence-electron chi connectivity index (χ0n) is 26.4. The van der Waals surface area contributed by atoms with Gasteiger partial charge in [-0.1, -0.05) is 36.4 Å². The summed E-state index contributed by atoms with van der Waals surface area (Å²) in [6.07, 6.45) is 5.56. The summed E-state index contributed by atoms with van der Waals surface area (Å²) in [5, 5.41) is 8.77. The zero-order chi connectivity index (χ0) is 31.6.